The second-order valence-corrected chi connectivity index (χ2v) is 6.32. The van der Waals surface area contributed by atoms with Gasteiger partial charge in [-0.3, -0.25) is 14.4 Å². The molecule has 9 N–H and O–H groups in total. The average molecular weight is 351 g/mol. The number of carboxylic acids is 3. The van der Waals surface area contributed by atoms with E-state index in [1.54, 1.807) is 41.5 Å². The predicted octanol–water partition coefficient (Wildman–Crippen LogP) is 0.163. The highest BCUT2D eigenvalue weighted by atomic mass is 16.4. The Kier molecular flexibility index (Phi) is 15.5. The molecule has 0 spiro atoms. The highest BCUT2D eigenvalue weighted by Crippen LogP contribution is 1.97. The molecule has 0 aliphatic rings. The number of aliphatic carboxylic acids is 3. The summed E-state index contributed by atoms with van der Waals surface area (Å²) in [6.45, 7) is 10.7. The number of carbonyl (C=O) groups is 3. The molecular weight excluding hydrogens is 318 g/mol. The fourth-order valence-corrected chi connectivity index (χ4v) is 0.855. The smallest absolute Gasteiger partial charge is 0.320 e. The minimum atomic E-state index is -0.931. The molecule has 0 aromatic rings. The molecule has 0 aromatic heterocycles. The molecule has 0 saturated heterocycles. The maximum Gasteiger partial charge on any atom is 0.320 e. The summed E-state index contributed by atoms with van der Waals surface area (Å²) in [5, 5.41) is 24.7. The Morgan fingerprint density at radius 3 is 0.667 bits per heavy atom. The van der Waals surface area contributed by atoms with Crippen LogP contribution in [0.5, 0.6) is 0 Å². The Balaban J connectivity index is -0.000000276. The van der Waals surface area contributed by atoms with Crippen molar-refractivity contribution in [3.05, 3.63) is 0 Å². The third-order valence-electron chi connectivity index (χ3n) is 3.01. The van der Waals surface area contributed by atoms with E-state index < -0.39 is 36.0 Å². The van der Waals surface area contributed by atoms with Gasteiger partial charge in [-0.05, 0) is 17.8 Å². The van der Waals surface area contributed by atoms with Crippen molar-refractivity contribution >= 4 is 17.9 Å². The molecule has 0 fully saturated rings. The Hall–Kier alpha value is -1.71. The molecule has 0 rings (SSSR count). The van der Waals surface area contributed by atoms with E-state index in [4.69, 9.17) is 32.5 Å². The minimum absolute atomic E-state index is 0.0208. The maximum absolute atomic E-state index is 10.0. The molecular formula is C15H33N3O6. The van der Waals surface area contributed by atoms with E-state index in [-0.39, 0.29) is 17.8 Å². The normalized spacial score (nSPS) is 14.0. The maximum atomic E-state index is 10.0. The number of nitrogens with two attached hydrogens (primary N) is 3. The fraction of sp³-hybridized carbons (Fsp3) is 0.800. The zero-order valence-electron chi connectivity index (χ0n) is 15.3. The van der Waals surface area contributed by atoms with Gasteiger partial charge in [0.05, 0.1) is 0 Å². The van der Waals surface area contributed by atoms with Gasteiger partial charge >= 0.3 is 17.9 Å². The number of rotatable bonds is 6. The summed E-state index contributed by atoms with van der Waals surface area (Å²) in [4.78, 5) is 30.0. The van der Waals surface area contributed by atoms with Crippen molar-refractivity contribution in [3.8, 4) is 0 Å². The molecule has 9 nitrogen and oxygen atoms in total. The number of hydrogen-bond acceptors (Lipinski definition) is 6. The first-order valence-corrected chi connectivity index (χ1v) is 7.61. The molecule has 0 aliphatic carbocycles. The first-order valence-electron chi connectivity index (χ1n) is 7.61. The van der Waals surface area contributed by atoms with Gasteiger partial charge in [-0.1, -0.05) is 41.5 Å². The van der Waals surface area contributed by atoms with Crippen molar-refractivity contribution in [1.29, 1.82) is 0 Å². The number of hydrogen-bond donors (Lipinski definition) is 6. The zero-order chi connectivity index (χ0) is 20.2. The van der Waals surface area contributed by atoms with E-state index in [2.05, 4.69) is 0 Å². The average Bonchev–Trinajstić information content (AvgIpc) is 2.45. The molecule has 0 unspecified atom stereocenters. The van der Waals surface area contributed by atoms with E-state index in [0.717, 1.165) is 0 Å². The summed E-state index contributed by atoms with van der Waals surface area (Å²) >= 11 is 0. The van der Waals surface area contributed by atoms with Gasteiger partial charge < -0.3 is 32.5 Å². The second-order valence-electron chi connectivity index (χ2n) is 6.32. The quantitative estimate of drug-likeness (QED) is 0.387. The van der Waals surface area contributed by atoms with Crippen molar-refractivity contribution in [2.75, 3.05) is 0 Å². The van der Waals surface area contributed by atoms with Crippen molar-refractivity contribution < 1.29 is 29.7 Å². The van der Waals surface area contributed by atoms with Gasteiger partial charge in [0.25, 0.3) is 0 Å². The van der Waals surface area contributed by atoms with Gasteiger partial charge in [0.15, 0.2) is 0 Å². The third kappa shape index (κ3) is 15.2. The summed E-state index contributed by atoms with van der Waals surface area (Å²) in [5.41, 5.74) is 15.5. The molecule has 3 atom stereocenters. The Labute approximate surface area is 143 Å². The summed E-state index contributed by atoms with van der Waals surface area (Å²) in [5.74, 6) is -2.73. The molecule has 0 amide bonds. The largest absolute Gasteiger partial charge is 0.480 e. The monoisotopic (exact) mass is 351 g/mol. The van der Waals surface area contributed by atoms with Crippen LogP contribution >= 0.6 is 0 Å². The molecule has 0 bridgehead atoms. The Bertz CT molecular complexity index is 328. The van der Waals surface area contributed by atoms with Crippen LogP contribution in [0.3, 0.4) is 0 Å². The molecule has 24 heavy (non-hydrogen) atoms. The standard InChI is InChI=1S/3C5H11NO2/c3*1-3(2)4(6)5(7)8/h3*3-4H,6H2,1-2H3,(H,7,8)/t3*4-/m000/s1. The summed E-state index contributed by atoms with van der Waals surface area (Å²) in [7, 11) is 0. The van der Waals surface area contributed by atoms with Gasteiger partial charge in [-0.25, -0.2) is 0 Å². The summed E-state index contributed by atoms with van der Waals surface area (Å²) in [6, 6.07) is -2.14. The van der Waals surface area contributed by atoms with E-state index in [1.807, 2.05) is 0 Å². The first kappa shape index (κ1) is 27.2. The zero-order valence-corrected chi connectivity index (χ0v) is 15.3. The molecule has 0 radical (unpaired) electrons. The molecule has 9 heteroatoms. The summed E-state index contributed by atoms with van der Waals surface area (Å²) in [6.07, 6.45) is 0. The lowest BCUT2D eigenvalue weighted by atomic mass is 10.1. The van der Waals surface area contributed by atoms with Gasteiger partial charge in [0, 0.05) is 0 Å². The molecule has 0 aliphatic heterocycles. The third-order valence-corrected chi connectivity index (χ3v) is 3.01. The lowest BCUT2D eigenvalue weighted by Crippen LogP contribution is -2.34. The van der Waals surface area contributed by atoms with Crippen molar-refractivity contribution in [2.24, 2.45) is 35.0 Å². The van der Waals surface area contributed by atoms with Gasteiger partial charge in [-0.2, -0.15) is 0 Å². The SMILES string of the molecule is CC(C)[C@H](N)C(=O)O.CC(C)[C@H](N)C(=O)O.CC(C)[C@H](N)C(=O)O. The van der Waals surface area contributed by atoms with Crippen LogP contribution in [0.1, 0.15) is 41.5 Å². The second kappa shape index (κ2) is 13.7. The highest BCUT2D eigenvalue weighted by molar-refractivity contribution is 5.74. The molecule has 0 heterocycles. The van der Waals surface area contributed by atoms with E-state index in [0.29, 0.717) is 0 Å². The summed E-state index contributed by atoms with van der Waals surface area (Å²) < 4.78 is 0. The van der Waals surface area contributed by atoms with E-state index in [1.165, 1.54) is 0 Å². The Morgan fingerprint density at radius 1 is 0.542 bits per heavy atom. The minimum Gasteiger partial charge on any atom is -0.480 e. The van der Waals surface area contributed by atoms with Crippen LogP contribution < -0.4 is 17.2 Å². The van der Waals surface area contributed by atoms with Crippen LogP contribution in [-0.2, 0) is 14.4 Å². The highest BCUT2D eigenvalue weighted by Gasteiger charge is 2.15. The van der Waals surface area contributed by atoms with Crippen LogP contribution in [0.4, 0.5) is 0 Å². The van der Waals surface area contributed by atoms with Crippen molar-refractivity contribution in [2.45, 2.75) is 59.7 Å². The van der Waals surface area contributed by atoms with Crippen LogP contribution in [0.15, 0.2) is 0 Å². The fourth-order valence-electron chi connectivity index (χ4n) is 0.855. The number of carboxylic acid groups (broad SMARTS) is 3. The van der Waals surface area contributed by atoms with Gasteiger partial charge in [0.1, 0.15) is 18.1 Å². The van der Waals surface area contributed by atoms with Crippen LogP contribution in [0.25, 0.3) is 0 Å². The van der Waals surface area contributed by atoms with Crippen molar-refractivity contribution in [3.63, 3.8) is 0 Å². The Morgan fingerprint density at radius 2 is 0.667 bits per heavy atom. The van der Waals surface area contributed by atoms with Crippen LogP contribution in [0.2, 0.25) is 0 Å². The van der Waals surface area contributed by atoms with Crippen LogP contribution in [0, 0.1) is 17.8 Å². The topological polar surface area (TPSA) is 190 Å². The van der Waals surface area contributed by atoms with E-state index >= 15 is 0 Å². The van der Waals surface area contributed by atoms with Gasteiger partial charge in [-0.15, -0.1) is 0 Å². The molecule has 0 aromatic carbocycles. The first-order chi connectivity index (χ1) is 10.7. The van der Waals surface area contributed by atoms with E-state index in [9.17, 15) is 14.4 Å². The lowest BCUT2D eigenvalue weighted by molar-refractivity contribution is -0.140. The molecule has 144 valence electrons. The lowest BCUT2D eigenvalue weighted by Gasteiger charge is -2.07. The van der Waals surface area contributed by atoms with Gasteiger partial charge in [0.2, 0.25) is 0 Å². The van der Waals surface area contributed by atoms with Crippen molar-refractivity contribution in [1.82, 2.24) is 0 Å². The predicted molar refractivity (Wildman–Crippen MR) is 91.3 cm³/mol. The molecule has 0 saturated carbocycles. The van der Waals surface area contributed by atoms with Crippen LogP contribution in [-0.4, -0.2) is 51.4 Å².